The Kier molecular flexibility index (Phi) is 6.32. The summed E-state index contributed by atoms with van der Waals surface area (Å²) < 4.78 is 15.1. The van der Waals surface area contributed by atoms with Gasteiger partial charge in [0.1, 0.15) is 6.61 Å². The first-order valence-electron chi connectivity index (χ1n) is 4.49. The number of hydrogen-bond donors (Lipinski definition) is 0. The highest BCUT2D eigenvalue weighted by molar-refractivity contribution is 6.31. The van der Waals surface area contributed by atoms with Crippen LogP contribution in [0.1, 0.15) is 0 Å². The van der Waals surface area contributed by atoms with Gasteiger partial charge in [-0.3, -0.25) is 0 Å². The van der Waals surface area contributed by atoms with Crippen molar-refractivity contribution in [2.75, 3.05) is 33.5 Å². The van der Waals surface area contributed by atoms with Crippen LogP contribution in [0, 0.1) is 0 Å². The molecule has 0 unspecified atom stereocenters. The summed E-state index contributed by atoms with van der Waals surface area (Å²) in [5.41, 5.74) is 0. The maximum atomic E-state index is 5.56. The van der Waals surface area contributed by atoms with E-state index in [1.807, 2.05) is 0 Å². The van der Waals surface area contributed by atoms with E-state index in [2.05, 4.69) is 15.0 Å². The first-order chi connectivity index (χ1) is 7.72. The van der Waals surface area contributed by atoms with Crippen LogP contribution in [0.4, 0.5) is 0 Å². The molecule has 8 heteroatoms. The van der Waals surface area contributed by atoms with Gasteiger partial charge in [-0.2, -0.15) is 15.0 Å². The second kappa shape index (κ2) is 7.56. The summed E-state index contributed by atoms with van der Waals surface area (Å²) in [4.78, 5) is 11.0. The molecule has 0 saturated carbocycles. The Bertz CT molecular complexity index is 307. The monoisotopic (exact) mass is 267 g/mol. The highest BCUT2D eigenvalue weighted by Crippen LogP contribution is 2.10. The van der Waals surface area contributed by atoms with Crippen molar-refractivity contribution in [3.63, 3.8) is 0 Å². The van der Waals surface area contributed by atoms with Gasteiger partial charge in [0.15, 0.2) is 0 Å². The molecule has 16 heavy (non-hydrogen) atoms. The minimum atomic E-state index is -0.00435. The smallest absolute Gasteiger partial charge is 0.322 e. The molecule has 90 valence electrons. The molecule has 0 aliphatic heterocycles. The van der Waals surface area contributed by atoms with E-state index < -0.39 is 0 Å². The van der Waals surface area contributed by atoms with Gasteiger partial charge in [0.2, 0.25) is 10.6 Å². The van der Waals surface area contributed by atoms with E-state index in [-0.39, 0.29) is 16.6 Å². The molecule has 0 fully saturated rings. The fraction of sp³-hybridized carbons (Fsp3) is 0.625. The standard InChI is InChI=1S/C8H11Cl2N3O3/c1-14-2-3-15-4-5-16-8-12-6(9)11-7(10)13-8/h2-5H2,1H3. The quantitative estimate of drug-likeness (QED) is 0.693. The van der Waals surface area contributed by atoms with Crippen LogP contribution in [0.3, 0.4) is 0 Å². The van der Waals surface area contributed by atoms with Crippen molar-refractivity contribution in [3.8, 4) is 6.01 Å². The van der Waals surface area contributed by atoms with Gasteiger partial charge in [-0.05, 0) is 23.2 Å². The fourth-order valence-electron chi connectivity index (χ4n) is 0.810. The van der Waals surface area contributed by atoms with E-state index in [9.17, 15) is 0 Å². The van der Waals surface area contributed by atoms with E-state index in [1.165, 1.54) is 0 Å². The Morgan fingerprint density at radius 2 is 1.56 bits per heavy atom. The van der Waals surface area contributed by atoms with Gasteiger partial charge in [-0.25, -0.2) is 0 Å². The van der Waals surface area contributed by atoms with Crippen molar-refractivity contribution in [2.45, 2.75) is 0 Å². The molecule has 0 saturated heterocycles. The molecule has 0 spiro atoms. The number of methoxy groups -OCH3 is 1. The summed E-state index contributed by atoms with van der Waals surface area (Å²) in [6, 6.07) is 0.0836. The SMILES string of the molecule is COCCOCCOc1nc(Cl)nc(Cl)n1. The summed E-state index contributed by atoms with van der Waals surface area (Å²) in [5.74, 6) is 0. The molecule has 0 atom stereocenters. The van der Waals surface area contributed by atoms with Crippen molar-refractivity contribution < 1.29 is 14.2 Å². The van der Waals surface area contributed by atoms with Gasteiger partial charge in [-0.15, -0.1) is 0 Å². The van der Waals surface area contributed by atoms with Crippen LogP contribution in [0.5, 0.6) is 6.01 Å². The molecule has 0 aromatic carbocycles. The number of rotatable bonds is 7. The normalized spacial score (nSPS) is 10.4. The number of hydrogen-bond acceptors (Lipinski definition) is 6. The molecule has 1 aromatic heterocycles. The van der Waals surface area contributed by atoms with Crippen LogP contribution in [-0.2, 0) is 9.47 Å². The van der Waals surface area contributed by atoms with E-state index in [0.717, 1.165) is 0 Å². The maximum absolute atomic E-state index is 5.56. The van der Waals surface area contributed by atoms with Gasteiger partial charge >= 0.3 is 6.01 Å². The molecule has 1 heterocycles. The first kappa shape index (κ1) is 13.4. The van der Waals surface area contributed by atoms with Crippen LogP contribution >= 0.6 is 23.2 Å². The lowest BCUT2D eigenvalue weighted by molar-refractivity contribution is 0.0528. The largest absolute Gasteiger partial charge is 0.461 e. The Morgan fingerprint density at radius 3 is 2.19 bits per heavy atom. The Labute approximate surface area is 103 Å². The average molecular weight is 268 g/mol. The summed E-state index contributed by atoms with van der Waals surface area (Å²) in [7, 11) is 1.61. The zero-order valence-electron chi connectivity index (χ0n) is 8.65. The lowest BCUT2D eigenvalue weighted by atomic mass is 10.7. The van der Waals surface area contributed by atoms with E-state index in [0.29, 0.717) is 26.4 Å². The molecular weight excluding hydrogens is 257 g/mol. The van der Waals surface area contributed by atoms with Crippen molar-refractivity contribution in [3.05, 3.63) is 10.6 Å². The second-order valence-electron chi connectivity index (χ2n) is 2.61. The Hall–Kier alpha value is -0.690. The number of aromatic nitrogens is 3. The highest BCUT2D eigenvalue weighted by Gasteiger charge is 2.03. The lowest BCUT2D eigenvalue weighted by Crippen LogP contribution is -2.11. The molecule has 0 aliphatic rings. The van der Waals surface area contributed by atoms with Crippen molar-refractivity contribution in [1.82, 2.24) is 15.0 Å². The summed E-state index contributed by atoms with van der Waals surface area (Å²) in [6.45, 7) is 1.77. The van der Waals surface area contributed by atoms with Gasteiger partial charge in [0, 0.05) is 7.11 Å². The van der Waals surface area contributed by atoms with Crippen LogP contribution in [0.15, 0.2) is 0 Å². The van der Waals surface area contributed by atoms with Crippen LogP contribution < -0.4 is 4.74 Å². The third-order valence-corrected chi connectivity index (χ3v) is 1.79. The van der Waals surface area contributed by atoms with Crippen LogP contribution in [-0.4, -0.2) is 48.5 Å². The Balaban J connectivity index is 2.21. The topological polar surface area (TPSA) is 66.4 Å². The first-order valence-corrected chi connectivity index (χ1v) is 5.24. The molecule has 1 aromatic rings. The molecule has 0 bridgehead atoms. The van der Waals surface area contributed by atoms with Crippen molar-refractivity contribution >= 4 is 23.2 Å². The van der Waals surface area contributed by atoms with Gasteiger partial charge in [0.05, 0.1) is 19.8 Å². The molecule has 0 amide bonds. The van der Waals surface area contributed by atoms with Gasteiger partial charge in [-0.1, -0.05) is 0 Å². The molecule has 0 N–H and O–H groups in total. The minimum absolute atomic E-state index is 0.00435. The molecule has 0 radical (unpaired) electrons. The molecule has 6 nitrogen and oxygen atoms in total. The number of nitrogens with zero attached hydrogens (tertiary/aromatic N) is 3. The highest BCUT2D eigenvalue weighted by atomic mass is 35.5. The van der Waals surface area contributed by atoms with Crippen LogP contribution in [0.25, 0.3) is 0 Å². The predicted molar refractivity (Wildman–Crippen MR) is 58.0 cm³/mol. The zero-order chi connectivity index (χ0) is 11.8. The average Bonchev–Trinajstić information content (AvgIpc) is 2.22. The van der Waals surface area contributed by atoms with Crippen molar-refractivity contribution in [2.24, 2.45) is 0 Å². The third kappa shape index (κ3) is 5.41. The predicted octanol–water partition coefficient (Wildman–Crippen LogP) is 1.22. The molecule has 0 aliphatic carbocycles. The second-order valence-corrected chi connectivity index (χ2v) is 3.29. The number of halogens is 2. The zero-order valence-corrected chi connectivity index (χ0v) is 10.2. The molecular formula is C8H11Cl2N3O3. The van der Waals surface area contributed by atoms with Gasteiger partial charge in [0.25, 0.3) is 0 Å². The lowest BCUT2D eigenvalue weighted by Gasteiger charge is -2.05. The van der Waals surface area contributed by atoms with Crippen molar-refractivity contribution in [1.29, 1.82) is 0 Å². The van der Waals surface area contributed by atoms with E-state index in [4.69, 9.17) is 37.4 Å². The maximum Gasteiger partial charge on any atom is 0.322 e. The van der Waals surface area contributed by atoms with E-state index in [1.54, 1.807) is 7.11 Å². The molecule has 1 rings (SSSR count). The van der Waals surface area contributed by atoms with E-state index >= 15 is 0 Å². The van der Waals surface area contributed by atoms with Crippen LogP contribution in [0.2, 0.25) is 10.6 Å². The fourth-order valence-corrected chi connectivity index (χ4v) is 1.16. The summed E-state index contributed by atoms with van der Waals surface area (Å²) in [6.07, 6.45) is 0. The summed E-state index contributed by atoms with van der Waals surface area (Å²) in [5, 5.41) is -0.00870. The van der Waals surface area contributed by atoms with Gasteiger partial charge < -0.3 is 14.2 Å². The number of ether oxygens (including phenoxy) is 3. The minimum Gasteiger partial charge on any atom is -0.461 e. The Morgan fingerprint density at radius 1 is 0.938 bits per heavy atom. The summed E-state index contributed by atoms with van der Waals surface area (Å²) >= 11 is 11.1. The third-order valence-electron chi connectivity index (χ3n) is 1.45.